The van der Waals surface area contributed by atoms with Crippen LogP contribution in [0.3, 0.4) is 0 Å². The number of nitrogens with zero attached hydrogens (tertiary/aromatic N) is 3. The van der Waals surface area contributed by atoms with Crippen LogP contribution in [0.25, 0.3) is 11.0 Å². The van der Waals surface area contributed by atoms with E-state index in [1.807, 2.05) is 78.9 Å². The molecule has 0 saturated heterocycles. The number of benzene rings is 3. The van der Waals surface area contributed by atoms with Crippen LogP contribution in [0, 0.1) is 0 Å². The van der Waals surface area contributed by atoms with Gasteiger partial charge in [0.15, 0.2) is 0 Å². The molecule has 0 amide bonds. The van der Waals surface area contributed by atoms with E-state index in [0.29, 0.717) is 6.42 Å². The van der Waals surface area contributed by atoms with Gasteiger partial charge >= 0.3 is 0 Å². The van der Waals surface area contributed by atoms with Crippen LogP contribution in [0.2, 0.25) is 0 Å². The maximum atomic E-state index is 5.18. The molecular formula is C23H20N4O. The largest absolute Gasteiger partial charge is 0.497 e. The first-order chi connectivity index (χ1) is 13.8. The fourth-order valence-electron chi connectivity index (χ4n) is 2.93. The Morgan fingerprint density at radius 2 is 1.71 bits per heavy atom. The second-order valence-electron chi connectivity index (χ2n) is 6.31. The quantitative estimate of drug-likeness (QED) is 0.398. The molecular weight excluding hydrogens is 348 g/mol. The Morgan fingerprint density at radius 1 is 0.964 bits per heavy atom. The van der Waals surface area contributed by atoms with Crippen LogP contribution in [0.15, 0.2) is 89.1 Å². The molecule has 5 nitrogen and oxygen atoms in total. The molecule has 5 heteroatoms. The van der Waals surface area contributed by atoms with Gasteiger partial charge in [-0.1, -0.05) is 42.5 Å². The Labute approximate surface area is 163 Å². The summed E-state index contributed by atoms with van der Waals surface area (Å²) in [4.78, 5) is 8.02. The van der Waals surface area contributed by atoms with E-state index in [9.17, 15) is 0 Å². The fourth-order valence-corrected chi connectivity index (χ4v) is 2.93. The van der Waals surface area contributed by atoms with Gasteiger partial charge < -0.3 is 9.72 Å². The third-order valence-corrected chi connectivity index (χ3v) is 4.38. The van der Waals surface area contributed by atoms with Crippen molar-refractivity contribution in [2.24, 2.45) is 10.2 Å². The zero-order chi connectivity index (χ0) is 19.2. The van der Waals surface area contributed by atoms with Crippen molar-refractivity contribution in [2.75, 3.05) is 7.11 Å². The highest BCUT2D eigenvalue weighted by Crippen LogP contribution is 2.14. The van der Waals surface area contributed by atoms with Crippen molar-refractivity contribution in [3.8, 4) is 5.75 Å². The van der Waals surface area contributed by atoms with E-state index < -0.39 is 0 Å². The molecule has 3 aromatic carbocycles. The first-order valence-electron chi connectivity index (χ1n) is 9.05. The molecule has 0 aliphatic carbocycles. The number of aromatic amines is 1. The third kappa shape index (κ3) is 4.15. The molecule has 0 aliphatic heterocycles. The predicted molar refractivity (Wildman–Crippen MR) is 113 cm³/mol. The first kappa shape index (κ1) is 17.7. The molecule has 138 valence electrons. The summed E-state index contributed by atoms with van der Waals surface area (Å²) < 4.78 is 5.18. The Morgan fingerprint density at radius 3 is 2.46 bits per heavy atom. The maximum absolute atomic E-state index is 5.18. The van der Waals surface area contributed by atoms with Crippen LogP contribution in [-0.4, -0.2) is 29.0 Å². The molecule has 0 atom stereocenters. The molecule has 0 saturated carbocycles. The maximum Gasteiger partial charge on any atom is 0.118 e. The van der Waals surface area contributed by atoms with Crippen LogP contribution < -0.4 is 4.74 Å². The van der Waals surface area contributed by atoms with Crippen molar-refractivity contribution in [2.45, 2.75) is 6.42 Å². The van der Waals surface area contributed by atoms with Gasteiger partial charge in [-0.05, 0) is 47.5 Å². The van der Waals surface area contributed by atoms with E-state index in [2.05, 4.69) is 20.2 Å². The molecule has 1 aromatic heterocycles. The zero-order valence-electron chi connectivity index (χ0n) is 15.5. The third-order valence-electron chi connectivity index (χ3n) is 4.38. The van der Waals surface area contributed by atoms with Gasteiger partial charge in [0.1, 0.15) is 11.6 Å². The first-order valence-corrected chi connectivity index (χ1v) is 9.05. The number of aromatic nitrogens is 2. The molecule has 0 bridgehead atoms. The Hall–Kier alpha value is -3.73. The Balaban J connectivity index is 1.61. The molecule has 28 heavy (non-hydrogen) atoms. The van der Waals surface area contributed by atoms with Crippen LogP contribution in [0.4, 0.5) is 0 Å². The number of H-pyrrole nitrogens is 1. The number of methoxy groups -OCH3 is 1. The van der Waals surface area contributed by atoms with E-state index in [1.54, 1.807) is 13.3 Å². The fraction of sp³-hybridized carbons (Fsp3) is 0.0870. The van der Waals surface area contributed by atoms with Gasteiger partial charge in [-0.3, -0.25) is 0 Å². The monoisotopic (exact) mass is 368 g/mol. The number of rotatable bonds is 6. The molecule has 0 radical (unpaired) electrons. The summed E-state index contributed by atoms with van der Waals surface area (Å²) in [6.07, 6.45) is 2.31. The van der Waals surface area contributed by atoms with Crippen molar-refractivity contribution in [3.05, 3.63) is 95.8 Å². The molecule has 0 unspecified atom stereocenters. The van der Waals surface area contributed by atoms with Crippen molar-refractivity contribution in [3.63, 3.8) is 0 Å². The second-order valence-corrected chi connectivity index (χ2v) is 6.31. The predicted octanol–water partition coefficient (Wildman–Crippen LogP) is 4.64. The van der Waals surface area contributed by atoms with E-state index in [1.165, 1.54) is 0 Å². The van der Waals surface area contributed by atoms with Gasteiger partial charge in [0.05, 0.1) is 36.5 Å². The minimum Gasteiger partial charge on any atom is -0.497 e. The molecule has 0 spiro atoms. The highest BCUT2D eigenvalue weighted by molar-refractivity contribution is 6.02. The lowest BCUT2D eigenvalue weighted by molar-refractivity contribution is 0.415. The topological polar surface area (TPSA) is 62.6 Å². The van der Waals surface area contributed by atoms with Crippen LogP contribution in [0.1, 0.15) is 17.0 Å². The standard InChI is InChI=1S/C23H20N4O/c1-28-19-13-11-17(12-14-19)16-24-27-22(18-7-3-2-4-8-18)15-23-25-20-9-5-6-10-21(20)26-23/h2-14,16H,15H2,1H3,(H,25,26). The summed E-state index contributed by atoms with van der Waals surface area (Å²) in [6, 6.07) is 25.7. The van der Waals surface area contributed by atoms with E-state index in [4.69, 9.17) is 4.74 Å². The molecule has 4 aromatic rings. The van der Waals surface area contributed by atoms with E-state index in [-0.39, 0.29) is 0 Å². The SMILES string of the molecule is COc1ccc(C=NN=C(Cc2nc3ccccc3[nH]2)c2ccccc2)cc1. The molecule has 0 aliphatic rings. The normalized spacial score (nSPS) is 12.0. The molecule has 0 fully saturated rings. The average Bonchev–Trinajstić information content (AvgIpc) is 3.16. The average molecular weight is 368 g/mol. The van der Waals surface area contributed by atoms with Crippen molar-refractivity contribution < 1.29 is 4.74 Å². The Bertz CT molecular complexity index is 1080. The summed E-state index contributed by atoms with van der Waals surface area (Å²) in [5, 5.41) is 8.80. The highest BCUT2D eigenvalue weighted by Gasteiger charge is 2.09. The molecule has 4 rings (SSSR count). The number of nitrogens with one attached hydrogen (secondary N) is 1. The van der Waals surface area contributed by atoms with Gasteiger partial charge in [0.25, 0.3) is 0 Å². The summed E-state index contributed by atoms with van der Waals surface area (Å²) in [5.41, 5.74) is 4.80. The van der Waals surface area contributed by atoms with Crippen LogP contribution in [-0.2, 0) is 6.42 Å². The minimum atomic E-state index is 0.568. The number of hydrogen-bond donors (Lipinski definition) is 1. The zero-order valence-corrected chi connectivity index (χ0v) is 15.5. The van der Waals surface area contributed by atoms with Crippen molar-refractivity contribution >= 4 is 23.0 Å². The van der Waals surface area contributed by atoms with E-state index >= 15 is 0 Å². The van der Waals surface area contributed by atoms with Gasteiger partial charge in [-0.15, -0.1) is 0 Å². The summed E-state index contributed by atoms with van der Waals surface area (Å²) in [5.74, 6) is 1.68. The number of fused-ring (bicyclic) bond motifs is 1. The highest BCUT2D eigenvalue weighted by atomic mass is 16.5. The number of hydrogen-bond acceptors (Lipinski definition) is 4. The minimum absolute atomic E-state index is 0.568. The van der Waals surface area contributed by atoms with Gasteiger partial charge in [0.2, 0.25) is 0 Å². The van der Waals surface area contributed by atoms with Crippen LogP contribution in [0.5, 0.6) is 5.75 Å². The van der Waals surface area contributed by atoms with Gasteiger partial charge in [0, 0.05) is 0 Å². The second kappa shape index (κ2) is 8.31. The number of imidazole rings is 1. The lowest BCUT2D eigenvalue weighted by Crippen LogP contribution is -2.06. The van der Waals surface area contributed by atoms with Crippen molar-refractivity contribution in [1.82, 2.24) is 9.97 Å². The van der Waals surface area contributed by atoms with Gasteiger partial charge in [-0.2, -0.15) is 10.2 Å². The summed E-state index contributed by atoms with van der Waals surface area (Å²) in [7, 11) is 1.65. The number of para-hydroxylation sites is 2. The smallest absolute Gasteiger partial charge is 0.118 e. The number of ether oxygens (including phenoxy) is 1. The molecule has 1 heterocycles. The Kier molecular flexibility index (Phi) is 5.24. The van der Waals surface area contributed by atoms with Gasteiger partial charge in [-0.25, -0.2) is 4.98 Å². The lowest BCUT2D eigenvalue weighted by Gasteiger charge is -2.03. The van der Waals surface area contributed by atoms with Crippen LogP contribution >= 0.6 is 0 Å². The van der Waals surface area contributed by atoms with Crippen molar-refractivity contribution in [1.29, 1.82) is 0 Å². The lowest BCUT2D eigenvalue weighted by atomic mass is 10.1. The van der Waals surface area contributed by atoms with E-state index in [0.717, 1.165) is 39.4 Å². The molecule has 1 N–H and O–H groups in total. The summed E-state index contributed by atoms with van der Waals surface area (Å²) in [6.45, 7) is 0. The summed E-state index contributed by atoms with van der Waals surface area (Å²) >= 11 is 0.